The number of nitrogens with one attached hydrogen (secondary N) is 2. The van der Waals surface area contributed by atoms with Gasteiger partial charge in [0, 0.05) is 37.0 Å². The minimum Gasteiger partial charge on any atom is -0.486 e. The highest BCUT2D eigenvalue weighted by Gasteiger charge is 2.17. The van der Waals surface area contributed by atoms with Gasteiger partial charge in [-0.2, -0.15) is 0 Å². The fourth-order valence-electron chi connectivity index (χ4n) is 2.46. The Morgan fingerprint density at radius 1 is 1.00 bits per heavy atom. The number of hydrogen-bond donors (Lipinski definition) is 2. The van der Waals surface area contributed by atoms with E-state index in [2.05, 4.69) is 15.6 Å². The number of hydrogen-bond acceptors (Lipinski definition) is 5. The standard InChI is InChI=1S/C18H19N3O4/c22-17(20-9-7-14-5-1-2-8-19-14)18(23)21-12-13-4-3-6-15-16(13)25-11-10-24-15/h1-6,8H,7,9-12H2,(H,20,22)(H,21,23). The number of fused-ring (bicyclic) bond motifs is 1. The maximum Gasteiger partial charge on any atom is 0.309 e. The first-order valence-corrected chi connectivity index (χ1v) is 8.07. The van der Waals surface area contributed by atoms with Crippen LogP contribution in [-0.2, 0) is 22.6 Å². The molecule has 7 nitrogen and oxygen atoms in total. The van der Waals surface area contributed by atoms with Gasteiger partial charge in [0.1, 0.15) is 13.2 Å². The van der Waals surface area contributed by atoms with Gasteiger partial charge >= 0.3 is 11.8 Å². The van der Waals surface area contributed by atoms with Crippen LogP contribution in [0.1, 0.15) is 11.3 Å². The Kier molecular flexibility index (Phi) is 5.46. The van der Waals surface area contributed by atoms with Gasteiger partial charge in [0.25, 0.3) is 0 Å². The Labute approximate surface area is 145 Å². The van der Waals surface area contributed by atoms with Gasteiger partial charge in [0.15, 0.2) is 11.5 Å². The summed E-state index contributed by atoms with van der Waals surface area (Å²) in [4.78, 5) is 27.9. The number of benzene rings is 1. The third-order valence-electron chi connectivity index (χ3n) is 3.69. The third-order valence-corrected chi connectivity index (χ3v) is 3.69. The number of carbonyl (C=O) groups excluding carboxylic acids is 2. The summed E-state index contributed by atoms with van der Waals surface area (Å²) in [5, 5.41) is 5.18. The van der Waals surface area contributed by atoms with Crippen LogP contribution in [0.15, 0.2) is 42.6 Å². The largest absolute Gasteiger partial charge is 0.486 e. The van der Waals surface area contributed by atoms with Crippen molar-refractivity contribution in [2.45, 2.75) is 13.0 Å². The molecule has 0 fully saturated rings. The van der Waals surface area contributed by atoms with Crippen LogP contribution in [0.25, 0.3) is 0 Å². The van der Waals surface area contributed by atoms with Crippen LogP contribution >= 0.6 is 0 Å². The molecule has 7 heteroatoms. The summed E-state index contributed by atoms with van der Waals surface area (Å²) in [6.45, 7) is 1.51. The smallest absolute Gasteiger partial charge is 0.309 e. The van der Waals surface area contributed by atoms with Gasteiger partial charge < -0.3 is 20.1 Å². The summed E-state index contributed by atoms with van der Waals surface area (Å²) in [7, 11) is 0. The number of carbonyl (C=O) groups is 2. The summed E-state index contributed by atoms with van der Waals surface area (Å²) in [5.41, 5.74) is 1.63. The lowest BCUT2D eigenvalue weighted by atomic mass is 10.1. The van der Waals surface area contributed by atoms with Crippen molar-refractivity contribution in [3.63, 3.8) is 0 Å². The fourth-order valence-corrected chi connectivity index (χ4v) is 2.46. The molecule has 0 atom stereocenters. The van der Waals surface area contributed by atoms with Crippen molar-refractivity contribution in [2.24, 2.45) is 0 Å². The number of pyridine rings is 1. The van der Waals surface area contributed by atoms with Crippen LogP contribution in [0.5, 0.6) is 11.5 Å². The average Bonchev–Trinajstić information content (AvgIpc) is 2.66. The van der Waals surface area contributed by atoms with E-state index >= 15 is 0 Å². The van der Waals surface area contributed by atoms with Gasteiger partial charge in [-0.25, -0.2) is 0 Å². The molecule has 2 heterocycles. The monoisotopic (exact) mass is 341 g/mol. The molecule has 0 unspecified atom stereocenters. The van der Waals surface area contributed by atoms with E-state index in [1.165, 1.54) is 0 Å². The quantitative estimate of drug-likeness (QED) is 0.786. The molecule has 1 aliphatic rings. The van der Waals surface area contributed by atoms with Crippen LogP contribution in [-0.4, -0.2) is 36.6 Å². The topological polar surface area (TPSA) is 89.6 Å². The van der Waals surface area contributed by atoms with Crippen LogP contribution in [0.4, 0.5) is 0 Å². The molecule has 2 amide bonds. The highest BCUT2D eigenvalue weighted by molar-refractivity contribution is 6.35. The first-order valence-electron chi connectivity index (χ1n) is 8.07. The minimum absolute atomic E-state index is 0.193. The van der Waals surface area contributed by atoms with Gasteiger partial charge in [0.2, 0.25) is 0 Å². The van der Waals surface area contributed by atoms with Crippen LogP contribution in [0.2, 0.25) is 0 Å². The Bertz CT molecular complexity index is 749. The maximum atomic E-state index is 11.9. The van der Waals surface area contributed by atoms with E-state index in [4.69, 9.17) is 9.47 Å². The molecule has 1 aromatic heterocycles. The van der Waals surface area contributed by atoms with Crippen molar-refractivity contribution in [1.82, 2.24) is 15.6 Å². The molecule has 0 spiro atoms. The third kappa shape index (κ3) is 4.47. The molecular weight excluding hydrogens is 322 g/mol. The first kappa shape index (κ1) is 16.8. The number of ether oxygens (including phenoxy) is 2. The van der Waals surface area contributed by atoms with E-state index in [-0.39, 0.29) is 6.54 Å². The average molecular weight is 341 g/mol. The SMILES string of the molecule is O=C(NCCc1ccccn1)C(=O)NCc1cccc2c1OCCO2. The molecule has 0 bridgehead atoms. The lowest BCUT2D eigenvalue weighted by molar-refractivity contribution is -0.139. The predicted molar refractivity (Wildman–Crippen MR) is 90.2 cm³/mol. The van der Waals surface area contributed by atoms with Crippen LogP contribution in [0.3, 0.4) is 0 Å². The molecule has 130 valence electrons. The normalized spacial score (nSPS) is 12.3. The van der Waals surface area contributed by atoms with Crippen molar-refractivity contribution >= 4 is 11.8 Å². The van der Waals surface area contributed by atoms with Gasteiger partial charge in [-0.05, 0) is 18.2 Å². The maximum absolute atomic E-state index is 11.9. The second-order valence-electron chi connectivity index (χ2n) is 5.45. The van der Waals surface area contributed by atoms with Crippen molar-refractivity contribution < 1.29 is 19.1 Å². The lowest BCUT2D eigenvalue weighted by Gasteiger charge is -2.21. The highest BCUT2D eigenvalue weighted by Crippen LogP contribution is 2.33. The summed E-state index contributed by atoms with van der Waals surface area (Å²) >= 11 is 0. The summed E-state index contributed by atoms with van der Waals surface area (Å²) in [5.74, 6) is -0.0873. The molecule has 0 saturated carbocycles. The first-order chi connectivity index (χ1) is 12.2. The second kappa shape index (κ2) is 8.14. The number of amides is 2. The molecule has 0 aliphatic carbocycles. The molecule has 1 aromatic carbocycles. The van der Waals surface area contributed by atoms with Crippen molar-refractivity contribution in [1.29, 1.82) is 0 Å². The summed E-state index contributed by atoms with van der Waals surface area (Å²) in [6.07, 6.45) is 2.26. The van der Waals surface area contributed by atoms with Gasteiger partial charge in [-0.1, -0.05) is 18.2 Å². The molecular formula is C18H19N3O4. The molecule has 0 radical (unpaired) electrons. The lowest BCUT2D eigenvalue weighted by Crippen LogP contribution is -2.40. The van der Waals surface area contributed by atoms with E-state index in [9.17, 15) is 9.59 Å². The van der Waals surface area contributed by atoms with Gasteiger partial charge in [-0.15, -0.1) is 0 Å². The van der Waals surface area contributed by atoms with E-state index in [1.807, 2.05) is 36.4 Å². The van der Waals surface area contributed by atoms with Crippen molar-refractivity contribution in [3.8, 4) is 11.5 Å². The molecule has 3 rings (SSSR count). The van der Waals surface area contributed by atoms with Crippen LogP contribution in [0, 0.1) is 0 Å². The van der Waals surface area contributed by atoms with Crippen molar-refractivity contribution in [3.05, 3.63) is 53.9 Å². The summed E-state index contributed by atoms with van der Waals surface area (Å²) < 4.78 is 11.1. The number of nitrogens with zero attached hydrogens (tertiary/aromatic N) is 1. The predicted octanol–water partition coefficient (Wildman–Crippen LogP) is 0.828. The molecule has 2 N–H and O–H groups in total. The Morgan fingerprint density at radius 3 is 2.68 bits per heavy atom. The van der Waals surface area contributed by atoms with Gasteiger partial charge in [-0.3, -0.25) is 14.6 Å². The Balaban J connectivity index is 1.47. The van der Waals surface area contributed by atoms with Crippen LogP contribution < -0.4 is 20.1 Å². The zero-order chi connectivity index (χ0) is 17.5. The van der Waals surface area contributed by atoms with E-state index < -0.39 is 11.8 Å². The Morgan fingerprint density at radius 2 is 1.84 bits per heavy atom. The minimum atomic E-state index is -0.685. The zero-order valence-electron chi connectivity index (χ0n) is 13.7. The zero-order valence-corrected chi connectivity index (χ0v) is 13.7. The molecule has 25 heavy (non-hydrogen) atoms. The Hall–Kier alpha value is -3.09. The van der Waals surface area contributed by atoms with E-state index in [1.54, 1.807) is 6.20 Å². The summed E-state index contributed by atoms with van der Waals surface area (Å²) in [6, 6.07) is 11.0. The molecule has 1 aliphatic heterocycles. The molecule has 0 saturated heterocycles. The number of para-hydroxylation sites is 1. The van der Waals surface area contributed by atoms with E-state index in [0.29, 0.717) is 37.7 Å². The fraction of sp³-hybridized carbons (Fsp3) is 0.278. The molecule has 2 aromatic rings. The number of aromatic nitrogens is 1. The highest BCUT2D eigenvalue weighted by atomic mass is 16.6. The number of rotatable bonds is 5. The second-order valence-corrected chi connectivity index (χ2v) is 5.45. The van der Waals surface area contributed by atoms with Gasteiger partial charge in [0.05, 0.1) is 0 Å². The van der Waals surface area contributed by atoms with Crippen molar-refractivity contribution in [2.75, 3.05) is 19.8 Å². The van der Waals surface area contributed by atoms with E-state index in [0.717, 1.165) is 11.3 Å².